The lowest BCUT2D eigenvalue weighted by molar-refractivity contribution is -0.137. The van der Waals surface area contributed by atoms with E-state index >= 15 is 0 Å². The number of carbonyl (C=O) groups excluding carboxylic acids is 1. The van der Waals surface area contributed by atoms with Gasteiger partial charge in [0.25, 0.3) is 0 Å². The Morgan fingerprint density at radius 2 is 1.95 bits per heavy atom. The SMILES string of the molecule is COC1CCC(NC(=O)N2CCN(CCC(=O)O)CC2)C1. The Morgan fingerprint density at radius 1 is 1.24 bits per heavy atom. The van der Waals surface area contributed by atoms with E-state index in [9.17, 15) is 9.59 Å². The van der Waals surface area contributed by atoms with Crippen LogP contribution >= 0.6 is 0 Å². The molecule has 1 saturated carbocycles. The Morgan fingerprint density at radius 3 is 2.52 bits per heavy atom. The lowest BCUT2D eigenvalue weighted by Gasteiger charge is -2.35. The van der Waals surface area contributed by atoms with Gasteiger partial charge in [0.15, 0.2) is 0 Å². The first-order valence-electron chi connectivity index (χ1n) is 7.61. The van der Waals surface area contributed by atoms with Crippen LogP contribution < -0.4 is 5.32 Å². The average molecular weight is 299 g/mol. The number of carbonyl (C=O) groups is 2. The normalized spacial score (nSPS) is 26.8. The number of aliphatic carboxylic acids is 1. The van der Waals surface area contributed by atoms with Gasteiger partial charge in [0, 0.05) is 45.9 Å². The van der Waals surface area contributed by atoms with Gasteiger partial charge in [-0.05, 0) is 19.3 Å². The Kier molecular flexibility index (Phi) is 5.81. The van der Waals surface area contributed by atoms with Crippen LogP contribution in [0.3, 0.4) is 0 Å². The van der Waals surface area contributed by atoms with Gasteiger partial charge in [0.05, 0.1) is 12.5 Å². The summed E-state index contributed by atoms with van der Waals surface area (Å²) in [5.41, 5.74) is 0. The van der Waals surface area contributed by atoms with Crippen molar-refractivity contribution in [2.45, 2.75) is 37.8 Å². The van der Waals surface area contributed by atoms with Crippen molar-refractivity contribution >= 4 is 12.0 Å². The van der Waals surface area contributed by atoms with Crippen LogP contribution in [-0.4, -0.2) is 78.9 Å². The molecule has 21 heavy (non-hydrogen) atoms. The zero-order chi connectivity index (χ0) is 15.2. The molecule has 2 atom stereocenters. The highest BCUT2D eigenvalue weighted by Gasteiger charge is 2.28. The molecule has 2 amide bonds. The molecule has 0 aromatic rings. The molecule has 1 saturated heterocycles. The molecule has 0 aromatic carbocycles. The lowest BCUT2D eigenvalue weighted by Crippen LogP contribution is -2.53. The van der Waals surface area contributed by atoms with Crippen LogP contribution in [0, 0.1) is 0 Å². The van der Waals surface area contributed by atoms with Gasteiger partial charge >= 0.3 is 12.0 Å². The second kappa shape index (κ2) is 7.61. The van der Waals surface area contributed by atoms with Crippen molar-refractivity contribution in [2.75, 3.05) is 39.8 Å². The standard InChI is InChI=1S/C14H25N3O4/c1-21-12-3-2-11(10-12)15-14(20)17-8-6-16(7-9-17)5-4-13(18)19/h11-12H,2-10H2,1H3,(H,15,20)(H,18,19). The number of carboxylic acids is 1. The van der Waals surface area contributed by atoms with E-state index in [2.05, 4.69) is 10.2 Å². The minimum absolute atomic E-state index is 0.00497. The van der Waals surface area contributed by atoms with Gasteiger partial charge in [-0.1, -0.05) is 0 Å². The molecule has 120 valence electrons. The maximum Gasteiger partial charge on any atom is 0.317 e. The molecule has 2 rings (SSSR count). The molecule has 0 spiro atoms. The number of piperazine rings is 1. The summed E-state index contributed by atoms with van der Waals surface area (Å²) < 4.78 is 5.31. The van der Waals surface area contributed by atoms with Crippen LogP contribution in [-0.2, 0) is 9.53 Å². The molecule has 7 heteroatoms. The monoisotopic (exact) mass is 299 g/mol. The molecule has 2 unspecified atom stereocenters. The fourth-order valence-electron chi connectivity index (χ4n) is 2.98. The summed E-state index contributed by atoms with van der Waals surface area (Å²) in [6.45, 7) is 3.36. The van der Waals surface area contributed by atoms with Gasteiger partial charge in [-0.15, -0.1) is 0 Å². The zero-order valence-electron chi connectivity index (χ0n) is 12.6. The Hall–Kier alpha value is -1.34. The van der Waals surface area contributed by atoms with Crippen LogP contribution in [0.25, 0.3) is 0 Å². The molecule has 2 fully saturated rings. The van der Waals surface area contributed by atoms with Gasteiger partial charge < -0.3 is 20.1 Å². The summed E-state index contributed by atoms with van der Waals surface area (Å²) in [4.78, 5) is 26.6. The fraction of sp³-hybridized carbons (Fsp3) is 0.857. The second-order valence-corrected chi connectivity index (χ2v) is 5.79. The molecular formula is C14H25N3O4. The summed E-state index contributed by atoms with van der Waals surface area (Å²) in [5, 5.41) is 11.7. The topological polar surface area (TPSA) is 82.1 Å². The number of hydrogen-bond acceptors (Lipinski definition) is 4. The minimum Gasteiger partial charge on any atom is -0.481 e. The number of urea groups is 1. The highest BCUT2D eigenvalue weighted by atomic mass is 16.5. The maximum absolute atomic E-state index is 12.2. The van der Waals surface area contributed by atoms with Gasteiger partial charge in [-0.2, -0.15) is 0 Å². The number of nitrogens with zero attached hydrogens (tertiary/aromatic N) is 2. The molecular weight excluding hydrogens is 274 g/mol. The smallest absolute Gasteiger partial charge is 0.317 e. The second-order valence-electron chi connectivity index (χ2n) is 5.79. The summed E-state index contributed by atoms with van der Waals surface area (Å²) in [5.74, 6) is -0.774. The Labute approximate surface area is 125 Å². The van der Waals surface area contributed by atoms with E-state index in [1.807, 2.05) is 4.90 Å². The summed E-state index contributed by atoms with van der Waals surface area (Å²) >= 11 is 0. The molecule has 1 aliphatic carbocycles. The third-order valence-corrected chi connectivity index (χ3v) is 4.35. The van der Waals surface area contributed by atoms with Crippen molar-refractivity contribution in [1.29, 1.82) is 0 Å². The Balaban J connectivity index is 1.67. The summed E-state index contributed by atoms with van der Waals surface area (Å²) in [7, 11) is 1.71. The molecule has 2 aliphatic rings. The minimum atomic E-state index is -0.774. The van der Waals surface area contributed by atoms with Gasteiger partial charge in [0.2, 0.25) is 0 Å². The van der Waals surface area contributed by atoms with Crippen LogP contribution in [0.4, 0.5) is 4.79 Å². The lowest BCUT2D eigenvalue weighted by atomic mass is 10.2. The van der Waals surface area contributed by atoms with Crippen molar-refractivity contribution in [2.24, 2.45) is 0 Å². The highest BCUT2D eigenvalue weighted by molar-refractivity contribution is 5.74. The van der Waals surface area contributed by atoms with E-state index in [1.54, 1.807) is 7.11 Å². The zero-order valence-corrected chi connectivity index (χ0v) is 12.6. The predicted molar refractivity (Wildman–Crippen MR) is 77.2 cm³/mol. The first kappa shape index (κ1) is 16.0. The quantitative estimate of drug-likeness (QED) is 0.766. The third kappa shape index (κ3) is 4.86. The number of amides is 2. The van der Waals surface area contributed by atoms with Gasteiger partial charge in [-0.3, -0.25) is 9.69 Å². The number of ether oxygens (including phenoxy) is 1. The van der Waals surface area contributed by atoms with Crippen molar-refractivity contribution < 1.29 is 19.4 Å². The summed E-state index contributed by atoms with van der Waals surface area (Å²) in [6.07, 6.45) is 3.30. The first-order valence-corrected chi connectivity index (χ1v) is 7.61. The van der Waals surface area contributed by atoms with Crippen LogP contribution in [0.2, 0.25) is 0 Å². The van der Waals surface area contributed by atoms with E-state index in [0.717, 1.165) is 32.4 Å². The Bertz CT molecular complexity index is 369. The predicted octanol–water partition coefficient (Wildman–Crippen LogP) is 0.356. The van der Waals surface area contributed by atoms with Crippen LogP contribution in [0.1, 0.15) is 25.7 Å². The molecule has 0 radical (unpaired) electrons. The molecule has 2 N–H and O–H groups in total. The number of methoxy groups -OCH3 is 1. The molecule has 7 nitrogen and oxygen atoms in total. The van der Waals surface area contributed by atoms with Crippen LogP contribution in [0.15, 0.2) is 0 Å². The molecule has 0 aromatic heterocycles. The van der Waals surface area contributed by atoms with E-state index in [1.165, 1.54) is 0 Å². The van der Waals surface area contributed by atoms with E-state index < -0.39 is 5.97 Å². The number of carboxylic acid groups (broad SMARTS) is 1. The largest absolute Gasteiger partial charge is 0.481 e. The molecule has 1 aliphatic heterocycles. The van der Waals surface area contributed by atoms with Crippen molar-refractivity contribution in [3.8, 4) is 0 Å². The van der Waals surface area contributed by atoms with Crippen molar-refractivity contribution in [3.63, 3.8) is 0 Å². The summed E-state index contributed by atoms with van der Waals surface area (Å²) in [6, 6.07) is 0.210. The molecule has 1 heterocycles. The fourth-order valence-corrected chi connectivity index (χ4v) is 2.98. The third-order valence-electron chi connectivity index (χ3n) is 4.35. The van der Waals surface area contributed by atoms with Crippen molar-refractivity contribution in [3.05, 3.63) is 0 Å². The van der Waals surface area contributed by atoms with Gasteiger partial charge in [-0.25, -0.2) is 4.79 Å². The highest BCUT2D eigenvalue weighted by Crippen LogP contribution is 2.21. The van der Waals surface area contributed by atoms with E-state index in [4.69, 9.17) is 9.84 Å². The van der Waals surface area contributed by atoms with E-state index in [-0.39, 0.29) is 24.6 Å². The van der Waals surface area contributed by atoms with Crippen LogP contribution in [0.5, 0.6) is 0 Å². The van der Waals surface area contributed by atoms with Crippen molar-refractivity contribution in [1.82, 2.24) is 15.1 Å². The van der Waals surface area contributed by atoms with Gasteiger partial charge in [0.1, 0.15) is 0 Å². The first-order chi connectivity index (χ1) is 10.1. The number of nitrogens with one attached hydrogen (secondary N) is 1. The number of hydrogen-bond donors (Lipinski definition) is 2. The number of rotatable bonds is 5. The van der Waals surface area contributed by atoms with E-state index in [0.29, 0.717) is 19.6 Å². The maximum atomic E-state index is 12.2. The average Bonchev–Trinajstić information content (AvgIpc) is 2.93. The molecule has 0 bridgehead atoms.